The van der Waals surface area contributed by atoms with Crippen molar-refractivity contribution in [2.45, 2.75) is 17.6 Å². The van der Waals surface area contributed by atoms with Gasteiger partial charge in [-0.25, -0.2) is 17.5 Å². The number of ether oxygens (including phenoxy) is 1. The summed E-state index contributed by atoms with van der Waals surface area (Å²) < 4.78 is 48.0. The van der Waals surface area contributed by atoms with Gasteiger partial charge >= 0.3 is 0 Å². The van der Waals surface area contributed by atoms with Crippen molar-refractivity contribution in [1.29, 1.82) is 0 Å². The monoisotopic (exact) mass is 447 g/mol. The average molecular weight is 448 g/mol. The normalized spacial score (nSPS) is 11.8. The third-order valence-corrected chi connectivity index (χ3v) is 7.40. The van der Waals surface area contributed by atoms with E-state index in [9.17, 15) is 12.8 Å². The van der Waals surface area contributed by atoms with Crippen molar-refractivity contribution in [3.63, 3.8) is 0 Å². The zero-order valence-electron chi connectivity index (χ0n) is 15.9. The summed E-state index contributed by atoms with van der Waals surface area (Å²) in [5.41, 5.74) is 1.01. The van der Waals surface area contributed by atoms with E-state index in [1.165, 1.54) is 28.0 Å². The number of aromatic nitrogens is 4. The number of fused-ring (bicyclic) bond motifs is 1. The van der Waals surface area contributed by atoms with Crippen molar-refractivity contribution in [2.75, 3.05) is 13.2 Å². The van der Waals surface area contributed by atoms with Crippen molar-refractivity contribution >= 4 is 27.0 Å². The predicted molar refractivity (Wildman–Crippen MR) is 111 cm³/mol. The van der Waals surface area contributed by atoms with Gasteiger partial charge < -0.3 is 4.74 Å². The van der Waals surface area contributed by atoms with E-state index in [4.69, 9.17) is 4.74 Å². The van der Waals surface area contributed by atoms with E-state index in [-0.39, 0.29) is 29.1 Å². The maximum absolute atomic E-state index is 13.5. The number of benzene rings is 1. The van der Waals surface area contributed by atoms with Crippen molar-refractivity contribution in [3.05, 3.63) is 59.2 Å². The highest BCUT2D eigenvalue weighted by molar-refractivity contribution is 7.91. The molecule has 0 saturated heterocycles. The zero-order valence-corrected chi connectivity index (χ0v) is 17.6. The number of nitrogens with one attached hydrogen (secondary N) is 1. The van der Waals surface area contributed by atoms with Gasteiger partial charge in [0, 0.05) is 23.1 Å². The minimum absolute atomic E-state index is 0.0837. The molecule has 1 aromatic carbocycles. The van der Waals surface area contributed by atoms with Crippen LogP contribution >= 0.6 is 11.3 Å². The lowest BCUT2D eigenvalue weighted by atomic mass is 10.2. The number of nitrogens with zero attached hydrogens (tertiary/aromatic N) is 4. The average Bonchev–Trinajstić information content (AvgIpc) is 3.38. The summed E-state index contributed by atoms with van der Waals surface area (Å²) in [6, 6.07) is 12.7. The van der Waals surface area contributed by atoms with Gasteiger partial charge in [0.05, 0.1) is 0 Å². The molecule has 4 rings (SSSR count). The summed E-state index contributed by atoms with van der Waals surface area (Å²) in [6.07, 6.45) is 0.790. The fourth-order valence-electron chi connectivity index (χ4n) is 2.75. The molecule has 0 amide bonds. The first-order chi connectivity index (χ1) is 14.5. The van der Waals surface area contributed by atoms with Gasteiger partial charge in [0.1, 0.15) is 16.6 Å². The van der Waals surface area contributed by atoms with E-state index in [0.29, 0.717) is 17.0 Å². The van der Waals surface area contributed by atoms with Crippen LogP contribution in [0.3, 0.4) is 0 Å². The summed E-state index contributed by atoms with van der Waals surface area (Å²) in [6.45, 7) is 2.14. The summed E-state index contributed by atoms with van der Waals surface area (Å²) in [5.74, 6) is 0.254. The second-order valence-corrected chi connectivity index (χ2v) is 9.46. The van der Waals surface area contributed by atoms with E-state index in [1.54, 1.807) is 30.3 Å². The van der Waals surface area contributed by atoms with Crippen molar-refractivity contribution in [1.82, 2.24) is 24.5 Å². The van der Waals surface area contributed by atoms with Crippen LogP contribution in [-0.2, 0) is 16.4 Å². The molecule has 0 saturated carbocycles. The molecule has 3 aromatic heterocycles. The van der Waals surface area contributed by atoms with Gasteiger partial charge in [-0.15, -0.1) is 26.6 Å². The van der Waals surface area contributed by atoms with Crippen molar-refractivity contribution < 1.29 is 17.5 Å². The Morgan fingerprint density at radius 2 is 2.03 bits per heavy atom. The number of halogens is 1. The topological polar surface area (TPSA) is 98.5 Å². The molecule has 0 fully saturated rings. The lowest BCUT2D eigenvalue weighted by Gasteiger charge is -2.07. The highest BCUT2D eigenvalue weighted by atomic mass is 32.2. The van der Waals surface area contributed by atoms with Gasteiger partial charge in [-0.1, -0.05) is 19.1 Å². The number of hydrogen-bond donors (Lipinski definition) is 1. The molecule has 8 nitrogen and oxygen atoms in total. The summed E-state index contributed by atoms with van der Waals surface area (Å²) in [7, 11) is -3.57. The van der Waals surface area contributed by atoms with E-state index >= 15 is 0 Å². The van der Waals surface area contributed by atoms with Gasteiger partial charge in [0.25, 0.3) is 0 Å². The fourth-order valence-corrected chi connectivity index (χ4v) is 5.11. The summed E-state index contributed by atoms with van der Waals surface area (Å²) in [5, 5.41) is 12.4. The molecule has 0 radical (unpaired) electrons. The summed E-state index contributed by atoms with van der Waals surface area (Å²) >= 11 is 1.25. The Hall–Kier alpha value is -2.89. The molecule has 11 heteroatoms. The molecule has 30 heavy (non-hydrogen) atoms. The van der Waals surface area contributed by atoms with Gasteiger partial charge in [-0.2, -0.15) is 4.52 Å². The second kappa shape index (κ2) is 8.46. The largest absolute Gasteiger partial charge is 0.475 e. The van der Waals surface area contributed by atoms with E-state index in [1.807, 2.05) is 13.0 Å². The van der Waals surface area contributed by atoms with Crippen LogP contribution < -0.4 is 9.46 Å². The number of rotatable bonds is 8. The first kappa shape index (κ1) is 20.4. The zero-order chi connectivity index (χ0) is 21.1. The number of aryl methyl sites for hydroxylation is 1. The molecule has 1 N–H and O–H groups in total. The van der Waals surface area contributed by atoms with Gasteiger partial charge in [0.15, 0.2) is 11.5 Å². The molecule has 3 heterocycles. The fraction of sp³-hybridized carbons (Fsp3) is 0.211. The molecule has 0 aliphatic heterocycles. The van der Waals surface area contributed by atoms with Gasteiger partial charge in [0.2, 0.25) is 15.9 Å². The predicted octanol–water partition coefficient (Wildman–Crippen LogP) is 2.91. The van der Waals surface area contributed by atoms with Crippen LogP contribution in [0.1, 0.15) is 11.8 Å². The number of thiophene rings is 1. The van der Waals surface area contributed by atoms with Crippen LogP contribution in [0.5, 0.6) is 5.88 Å². The Labute approximate surface area is 176 Å². The Balaban J connectivity index is 1.42. The molecule has 0 unspecified atom stereocenters. The molecule has 156 valence electrons. The summed E-state index contributed by atoms with van der Waals surface area (Å²) in [4.78, 5) is 1.01. The second-order valence-electron chi connectivity index (χ2n) is 6.30. The Morgan fingerprint density at radius 1 is 1.17 bits per heavy atom. The Kier molecular flexibility index (Phi) is 5.75. The molecular formula is C19H18FN5O3S2. The van der Waals surface area contributed by atoms with E-state index in [0.717, 1.165) is 11.3 Å². The van der Waals surface area contributed by atoms with Crippen LogP contribution in [0.4, 0.5) is 4.39 Å². The lowest BCUT2D eigenvalue weighted by molar-refractivity contribution is 0.306. The molecule has 0 bridgehead atoms. The maximum atomic E-state index is 13.5. The molecule has 4 aromatic rings. The maximum Gasteiger partial charge on any atom is 0.250 e. The van der Waals surface area contributed by atoms with E-state index < -0.39 is 10.0 Å². The van der Waals surface area contributed by atoms with Crippen LogP contribution in [-0.4, -0.2) is 41.4 Å². The third-order valence-electron chi connectivity index (χ3n) is 4.22. The minimum atomic E-state index is -3.57. The molecule has 0 spiro atoms. The number of hydrogen-bond acceptors (Lipinski definition) is 7. The van der Waals surface area contributed by atoms with Crippen LogP contribution in [0.25, 0.3) is 17.0 Å². The highest BCUT2D eigenvalue weighted by Crippen LogP contribution is 2.22. The molecule has 0 aliphatic rings. The number of sulfonamides is 1. The van der Waals surface area contributed by atoms with Crippen LogP contribution in [0.2, 0.25) is 0 Å². The first-order valence-electron chi connectivity index (χ1n) is 9.16. The quantitative estimate of drug-likeness (QED) is 0.417. The van der Waals surface area contributed by atoms with Gasteiger partial charge in [-0.05, 0) is 36.8 Å². The smallest absolute Gasteiger partial charge is 0.250 e. The van der Waals surface area contributed by atoms with Crippen LogP contribution in [0, 0.1) is 5.82 Å². The minimum Gasteiger partial charge on any atom is -0.475 e. The first-order valence-corrected chi connectivity index (χ1v) is 11.5. The Morgan fingerprint density at radius 3 is 2.80 bits per heavy atom. The van der Waals surface area contributed by atoms with Crippen molar-refractivity contribution in [3.8, 4) is 17.3 Å². The molecule has 0 aliphatic carbocycles. The standard InChI is InChI=1S/C19H18FN5O3S2/c1-2-15-6-9-18(29-15)30(26,27)21-10-11-28-17-8-7-16-22-23-19(25(16)24-17)13-4-3-5-14(20)12-13/h3-9,12,21H,2,10-11H2,1H3. The molecule has 0 atom stereocenters. The molecular weight excluding hydrogens is 429 g/mol. The van der Waals surface area contributed by atoms with Crippen LogP contribution in [0.15, 0.2) is 52.7 Å². The lowest BCUT2D eigenvalue weighted by Crippen LogP contribution is -2.27. The van der Waals surface area contributed by atoms with E-state index in [2.05, 4.69) is 20.0 Å². The highest BCUT2D eigenvalue weighted by Gasteiger charge is 2.16. The SMILES string of the molecule is CCc1ccc(S(=O)(=O)NCCOc2ccc3nnc(-c4cccc(F)c4)n3n2)s1. The van der Waals surface area contributed by atoms with Crippen molar-refractivity contribution in [2.24, 2.45) is 0 Å². The van der Waals surface area contributed by atoms with Gasteiger partial charge in [-0.3, -0.25) is 0 Å². The third kappa shape index (κ3) is 4.32. The Bertz CT molecular complexity index is 1290.